The largest absolute Gasteiger partial charge is 0.358 e. The van der Waals surface area contributed by atoms with Crippen molar-refractivity contribution in [2.45, 2.75) is 65.2 Å². The molecule has 0 unspecified atom stereocenters. The molecule has 42 heavy (non-hydrogen) atoms. The minimum Gasteiger partial charge on any atom is -0.358 e. The zero-order valence-corrected chi connectivity index (χ0v) is 25.3. The maximum Gasteiger partial charge on any atom is 0.230 e. The van der Waals surface area contributed by atoms with Gasteiger partial charge in [0.15, 0.2) is 0 Å². The molecule has 2 N–H and O–H groups in total. The van der Waals surface area contributed by atoms with Crippen molar-refractivity contribution in [3.8, 4) is 0 Å². The number of H-pyrrole nitrogens is 1. The number of aromatic nitrogens is 5. The molecule has 0 bridgehead atoms. The summed E-state index contributed by atoms with van der Waals surface area (Å²) in [6.45, 7) is 4.11. The third-order valence-corrected chi connectivity index (χ3v) is 9.53. The van der Waals surface area contributed by atoms with Crippen molar-refractivity contribution in [2.24, 2.45) is 0 Å². The van der Waals surface area contributed by atoms with Gasteiger partial charge in [0.2, 0.25) is 11.0 Å². The lowest BCUT2D eigenvalue weighted by molar-refractivity contribution is -0.118. The molecule has 0 spiro atoms. The Labute approximate surface area is 252 Å². The van der Waals surface area contributed by atoms with Gasteiger partial charge in [-0.05, 0) is 61.4 Å². The van der Waals surface area contributed by atoms with Crippen LogP contribution in [-0.4, -0.2) is 37.1 Å². The highest BCUT2D eigenvalue weighted by Gasteiger charge is 2.21. The van der Waals surface area contributed by atoms with E-state index < -0.39 is 0 Å². The number of para-hydroxylation sites is 1. The minimum atomic E-state index is -0.0640. The summed E-state index contributed by atoms with van der Waals surface area (Å²) in [5, 5.41) is 24.2. The Hall–Kier alpha value is -4.02. The number of carbonyl (C=O) groups excluding carboxylic acids is 2. The van der Waals surface area contributed by atoms with Gasteiger partial charge in [0, 0.05) is 35.9 Å². The van der Waals surface area contributed by atoms with Gasteiger partial charge in [0.25, 0.3) is 0 Å². The second-order valence-corrected chi connectivity index (χ2v) is 13.0. The fraction of sp³-hybridized carbons (Fsp3) is 0.312. The molecule has 3 aromatic heterocycles. The number of ketones is 1. The van der Waals surface area contributed by atoms with E-state index in [9.17, 15) is 9.59 Å². The molecule has 1 amide bonds. The van der Waals surface area contributed by atoms with Gasteiger partial charge in [-0.25, -0.2) is 0 Å². The van der Waals surface area contributed by atoms with E-state index in [2.05, 4.69) is 55.8 Å². The first-order chi connectivity index (χ1) is 20.4. The summed E-state index contributed by atoms with van der Waals surface area (Å²) in [7, 11) is 0. The molecule has 3 heterocycles. The highest BCUT2D eigenvalue weighted by molar-refractivity contribution is 7.15. The number of hydrogen-bond donors (Lipinski definition) is 2. The van der Waals surface area contributed by atoms with Crippen molar-refractivity contribution < 1.29 is 9.59 Å². The topological polar surface area (TPSA) is 114 Å². The molecule has 0 saturated carbocycles. The first kappa shape index (κ1) is 28.1. The van der Waals surface area contributed by atoms with Crippen molar-refractivity contribution in [1.29, 1.82) is 0 Å². The van der Waals surface area contributed by atoms with Gasteiger partial charge >= 0.3 is 0 Å². The zero-order chi connectivity index (χ0) is 29.1. The van der Waals surface area contributed by atoms with E-state index >= 15 is 0 Å². The molecule has 6 rings (SSSR count). The fourth-order valence-electron chi connectivity index (χ4n) is 5.57. The van der Waals surface area contributed by atoms with Crippen LogP contribution < -0.4 is 5.32 Å². The molecule has 2 aromatic carbocycles. The molecule has 0 atom stereocenters. The van der Waals surface area contributed by atoms with Crippen LogP contribution >= 0.6 is 22.7 Å². The van der Waals surface area contributed by atoms with E-state index in [1.54, 1.807) is 0 Å². The number of nitrogens with zero attached hydrogens (tertiary/aromatic N) is 4. The predicted octanol–water partition coefficient (Wildman–Crippen LogP) is 6.46. The number of anilines is 1. The van der Waals surface area contributed by atoms with Crippen LogP contribution in [0, 0.1) is 6.92 Å². The van der Waals surface area contributed by atoms with Crippen LogP contribution in [-0.2, 0) is 41.7 Å². The molecular weight excluding hydrogens is 565 g/mol. The van der Waals surface area contributed by atoms with Crippen molar-refractivity contribution in [3.63, 3.8) is 0 Å². The molecule has 0 fully saturated rings. The number of nitrogens with one attached hydrogen (secondary N) is 2. The lowest BCUT2D eigenvalue weighted by Crippen LogP contribution is -2.11. The summed E-state index contributed by atoms with van der Waals surface area (Å²) in [6.07, 6.45) is 5.41. The van der Waals surface area contributed by atoms with Crippen LogP contribution in [0.25, 0.3) is 16.5 Å². The average molecular weight is 597 g/mol. The summed E-state index contributed by atoms with van der Waals surface area (Å²) in [6, 6.07) is 16.4. The highest BCUT2D eigenvalue weighted by atomic mass is 32.1. The minimum absolute atomic E-state index is 0.0640. The van der Waals surface area contributed by atoms with E-state index in [1.165, 1.54) is 39.4 Å². The van der Waals surface area contributed by atoms with Gasteiger partial charge in [-0.15, -0.1) is 31.7 Å². The number of hydrogen-bond acceptors (Lipinski definition) is 8. The number of allylic oxidation sites excluding steroid dienone is 1. The quantitative estimate of drug-likeness (QED) is 0.160. The molecule has 1 aliphatic rings. The summed E-state index contributed by atoms with van der Waals surface area (Å²) >= 11 is 2.95. The van der Waals surface area contributed by atoms with Gasteiger partial charge in [-0.2, -0.15) is 0 Å². The van der Waals surface area contributed by atoms with Crippen LogP contribution in [0.2, 0.25) is 0 Å². The van der Waals surface area contributed by atoms with E-state index in [4.69, 9.17) is 0 Å². The Morgan fingerprint density at radius 2 is 1.55 bits per heavy atom. The van der Waals surface area contributed by atoms with E-state index in [0.29, 0.717) is 24.4 Å². The average Bonchev–Trinajstić information content (AvgIpc) is 3.75. The standard InChI is InChI=1S/C32H32N6O2S2/c1-19-15-21-9-3-4-10-23(21)25(19)18-28(40)34-32-38-36-30(42-32)14-8-7-13-29-35-37-31(41-29)17-22(39)16-26-20(2)33-27-12-6-5-11-24(26)27/h3-6,9-12,33H,7-8,13-18H2,1-2H3,(H,34,38,40). The molecule has 5 aromatic rings. The second-order valence-electron chi connectivity index (χ2n) is 10.8. The third-order valence-electron chi connectivity index (χ3n) is 7.65. The molecule has 214 valence electrons. The molecule has 1 aliphatic carbocycles. The van der Waals surface area contributed by atoms with Gasteiger partial charge < -0.3 is 10.3 Å². The molecule has 8 nitrogen and oxygen atoms in total. The lowest BCUT2D eigenvalue weighted by atomic mass is 10.0. The molecule has 10 heteroatoms. The van der Waals surface area contributed by atoms with E-state index in [-0.39, 0.29) is 11.7 Å². The van der Waals surface area contributed by atoms with Gasteiger partial charge in [0.05, 0.1) is 12.8 Å². The van der Waals surface area contributed by atoms with Crippen LogP contribution in [0.4, 0.5) is 5.13 Å². The Bertz CT molecular complexity index is 1800. The molecule has 0 saturated heterocycles. The Morgan fingerprint density at radius 1 is 0.833 bits per heavy atom. The first-order valence-electron chi connectivity index (χ1n) is 14.2. The molecule has 0 aliphatic heterocycles. The van der Waals surface area contributed by atoms with Gasteiger partial charge in [0.1, 0.15) is 20.8 Å². The van der Waals surface area contributed by atoms with Crippen LogP contribution in [0.3, 0.4) is 0 Å². The normalized spacial score (nSPS) is 12.7. The van der Waals surface area contributed by atoms with Crippen molar-refractivity contribution in [2.75, 3.05) is 5.32 Å². The number of amides is 1. The van der Waals surface area contributed by atoms with Crippen LogP contribution in [0.1, 0.15) is 63.6 Å². The third kappa shape index (κ3) is 6.39. The Morgan fingerprint density at radius 3 is 2.40 bits per heavy atom. The summed E-state index contributed by atoms with van der Waals surface area (Å²) in [5.41, 5.74) is 7.98. The number of Topliss-reactive ketones (excluding diaryl/α,β-unsaturated/α-hetero) is 1. The maximum atomic E-state index is 12.8. The number of benzene rings is 2. The van der Waals surface area contributed by atoms with E-state index in [0.717, 1.165) is 74.9 Å². The summed E-state index contributed by atoms with van der Waals surface area (Å²) in [4.78, 5) is 28.9. The predicted molar refractivity (Wildman–Crippen MR) is 168 cm³/mol. The van der Waals surface area contributed by atoms with Gasteiger partial charge in [-0.1, -0.05) is 59.4 Å². The number of aryl methyl sites for hydroxylation is 3. The summed E-state index contributed by atoms with van der Waals surface area (Å²) in [5.74, 6) is 0.0792. The molecular formula is C32H32N6O2S2. The lowest BCUT2D eigenvalue weighted by Gasteiger charge is -2.06. The van der Waals surface area contributed by atoms with Crippen molar-refractivity contribution >= 4 is 56.0 Å². The second kappa shape index (κ2) is 12.5. The first-order valence-corrected chi connectivity index (χ1v) is 15.8. The number of aromatic amines is 1. The Kier molecular flexibility index (Phi) is 8.34. The number of rotatable bonds is 12. The number of fused-ring (bicyclic) bond motifs is 2. The van der Waals surface area contributed by atoms with Gasteiger partial charge in [-0.3, -0.25) is 9.59 Å². The zero-order valence-electron chi connectivity index (χ0n) is 23.7. The summed E-state index contributed by atoms with van der Waals surface area (Å²) < 4.78 is 0. The maximum absolute atomic E-state index is 12.8. The monoisotopic (exact) mass is 596 g/mol. The van der Waals surface area contributed by atoms with Crippen LogP contribution in [0.5, 0.6) is 0 Å². The Balaban J connectivity index is 0.932. The van der Waals surface area contributed by atoms with Crippen molar-refractivity contribution in [1.82, 2.24) is 25.4 Å². The smallest absolute Gasteiger partial charge is 0.230 e. The highest BCUT2D eigenvalue weighted by Crippen LogP contribution is 2.35. The van der Waals surface area contributed by atoms with Crippen molar-refractivity contribution in [3.05, 3.63) is 91.5 Å². The SMILES string of the molecule is CC1=C(CC(=O)Nc2nnc(CCCCc3nnc(CC(=O)Cc4c(C)[nH]c5ccccc45)s3)s2)c2ccccc2C1. The number of unbranched alkanes of at least 4 members (excludes halogenated alkanes) is 1. The fourth-order valence-corrected chi connectivity index (χ4v) is 7.28. The van der Waals surface area contributed by atoms with Crippen LogP contribution in [0.15, 0.2) is 54.1 Å². The number of carbonyl (C=O) groups is 2. The van der Waals surface area contributed by atoms with E-state index in [1.807, 2.05) is 37.3 Å². The molecule has 0 radical (unpaired) electrons.